The maximum Gasteiger partial charge on any atom is 0.416 e. The van der Waals surface area contributed by atoms with Gasteiger partial charge < -0.3 is 37.5 Å². The van der Waals surface area contributed by atoms with Gasteiger partial charge in [0.05, 0.1) is 12.0 Å². The van der Waals surface area contributed by atoms with Crippen molar-refractivity contribution in [3.63, 3.8) is 0 Å². The van der Waals surface area contributed by atoms with Gasteiger partial charge in [-0.2, -0.15) is 13.2 Å². The van der Waals surface area contributed by atoms with Crippen molar-refractivity contribution in [2.45, 2.75) is 82.3 Å². The van der Waals surface area contributed by atoms with E-state index in [2.05, 4.69) is 21.3 Å². The van der Waals surface area contributed by atoms with Gasteiger partial charge in [-0.05, 0) is 105 Å². The van der Waals surface area contributed by atoms with Crippen molar-refractivity contribution in [2.75, 3.05) is 19.6 Å². The Bertz CT molecular complexity index is 1860. The lowest BCUT2D eigenvalue weighted by molar-refractivity contribution is -0.137. The van der Waals surface area contributed by atoms with Gasteiger partial charge in [0, 0.05) is 6.54 Å². The summed E-state index contributed by atoms with van der Waals surface area (Å²) in [6.45, 7) is 1.08. The molecule has 4 rings (SSSR count). The molecule has 4 aromatic rings. The highest BCUT2D eigenvalue weighted by Crippen LogP contribution is 2.29. The third kappa shape index (κ3) is 15.3. The number of alkyl halides is 3. The van der Waals surface area contributed by atoms with Gasteiger partial charge in [-0.1, -0.05) is 84.9 Å². The van der Waals surface area contributed by atoms with Gasteiger partial charge in [0.2, 0.25) is 23.6 Å². The summed E-state index contributed by atoms with van der Waals surface area (Å²) in [6, 6.07) is 26.6. The Morgan fingerprint density at radius 1 is 0.603 bits per heavy atom. The van der Waals surface area contributed by atoms with E-state index in [1.165, 1.54) is 12.1 Å². The van der Waals surface area contributed by atoms with Crippen molar-refractivity contribution < 1.29 is 37.1 Å². The number of benzene rings is 4. The lowest BCUT2D eigenvalue weighted by Gasteiger charge is -2.26. The van der Waals surface area contributed by atoms with E-state index >= 15 is 0 Å². The average Bonchev–Trinajstić information content (AvgIpc) is 3.22. The van der Waals surface area contributed by atoms with Crippen LogP contribution in [-0.2, 0) is 44.8 Å². The fraction of sp³-hybridized carbons (Fsp3) is 0.364. The highest BCUT2D eigenvalue weighted by atomic mass is 19.4. The fourth-order valence-electron chi connectivity index (χ4n) is 6.16. The second kappa shape index (κ2) is 23.5. The van der Waals surface area contributed by atoms with Crippen LogP contribution in [0.1, 0.15) is 72.4 Å². The maximum absolute atomic E-state index is 14.1. The van der Waals surface area contributed by atoms with Gasteiger partial charge in [0.25, 0.3) is 0 Å². The van der Waals surface area contributed by atoms with Gasteiger partial charge in [-0.3, -0.25) is 19.2 Å². The van der Waals surface area contributed by atoms with Crippen LogP contribution in [0.25, 0.3) is 0 Å². The summed E-state index contributed by atoms with van der Waals surface area (Å²) < 4.78 is 44.8. The number of hydrogen-bond acceptors (Lipinski definition) is 7. The monoisotopic (exact) mass is 802 g/mol. The van der Waals surface area contributed by atoms with Crippen LogP contribution in [0.2, 0.25) is 0 Å². The quantitative estimate of drug-likeness (QED) is 0.0554. The number of unbranched alkanes of at least 4 members (excludes halogenated alkanes) is 2. The molecule has 0 aliphatic rings. The highest BCUT2D eigenvalue weighted by molar-refractivity contribution is 5.94. The molecule has 8 N–H and O–H groups in total. The Morgan fingerprint density at radius 2 is 1.16 bits per heavy atom. The number of hydrogen-bond donors (Lipinski definition) is 6. The summed E-state index contributed by atoms with van der Waals surface area (Å²) >= 11 is 0. The predicted octanol–water partition coefficient (Wildman–Crippen LogP) is 5.27. The van der Waals surface area contributed by atoms with Crippen LogP contribution >= 0.6 is 0 Å². The Labute approximate surface area is 337 Å². The molecule has 3 atom stereocenters. The first-order valence-electron chi connectivity index (χ1n) is 19.5. The molecule has 0 radical (unpaired) electrons. The van der Waals surface area contributed by atoms with Gasteiger partial charge in [0.15, 0.2) is 0 Å². The van der Waals surface area contributed by atoms with Crippen molar-refractivity contribution >= 4 is 23.6 Å². The molecule has 4 aromatic carbocycles. The lowest BCUT2D eigenvalue weighted by Crippen LogP contribution is -2.55. The van der Waals surface area contributed by atoms with Crippen LogP contribution in [0.3, 0.4) is 0 Å². The van der Waals surface area contributed by atoms with E-state index < -0.39 is 47.6 Å². The zero-order chi connectivity index (χ0) is 41.8. The number of carbonyl (C=O) groups excluding carboxylic acids is 4. The molecule has 0 aromatic heterocycles. The van der Waals surface area contributed by atoms with E-state index in [1.807, 2.05) is 60.7 Å². The number of ether oxygens (including phenoxy) is 1. The van der Waals surface area contributed by atoms with Gasteiger partial charge in [-0.15, -0.1) is 0 Å². The topological polar surface area (TPSA) is 178 Å². The standard InChI is InChI=1S/C44H53F3N6O5/c45-44(46,47)35-21-17-33(18-22-35)30-58-36-23-19-34(20-24-36)40(43(57)50-28-25-31-11-3-1-4-12-31)53-42(56)38(16-8-10-27-49)52-41(55)37(15-7-9-26-48)51-39(54)29-32-13-5-2-6-14-32/h1-6,11-14,17-24,37-38,40H,7-10,15-16,25-30,48-49H2,(H,50,57)(H,51,54)(H,52,55)(H,53,56)/t37-,38-,40-/m0/s1. The van der Waals surface area contributed by atoms with Crippen molar-refractivity contribution in [3.05, 3.63) is 137 Å². The average molecular weight is 803 g/mol. The second-order valence-corrected chi connectivity index (χ2v) is 13.9. The zero-order valence-electron chi connectivity index (χ0n) is 32.4. The molecule has 0 bridgehead atoms. The third-order valence-corrected chi connectivity index (χ3v) is 9.39. The Kier molecular flexibility index (Phi) is 18.2. The first-order valence-corrected chi connectivity index (χ1v) is 19.5. The van der Waals surface area contributed by atoms with Crippen molar-refractivity contribution in [1.29, 1.82) is 0 Å². The molecule has 0 aliphatic carbocycles. The van der Waals surface area contributed by atoms with E-state index in [0.717, 1.165) is 23.3 Å². The fourth-order valence-corrected chi connectivity index (χ4v) is 6.16. The Morgan fingerprint density at radius 3 is 1.72 bits per heavy atom. The molecule has 0 aliphatic heterocycles. The summed E-state index contributed by atoms with van der Waals surface area (Å²) in [5.74, 6) is -1.58. The van der Waals surface area contributed by atoms with E-state index in [-0.39, 0.29) is 31.9 Å². The molecule has 0 fully saturated rings. The Balaban J connectivity index is 1.50. The van der Waals surface area contributed by atoms with Crippen molar-refractivity contribution in [2.24, 2.45) is 11.5 Å². The summed E-state index contributed by atoms with van der Waals surface area (Å²) in [5, 5.41) is 11.4. The molecule has 0 saturated heterocycles. The smallest absolute Gasteiger partial charge is 0.416 e. The number of nitrogens with two attached hydrogens (primary N) is 2. The largest absolute Gasteiger partial charge is 0.489 e. The molecule has 0 unspecified atom stereocenters. The van der Waals surface area contributed by atoms with Crippen LogP contribution in [-0.4, -0.2) is 55.3 Å². The summed E-state index contributed by atoms with van der Waals surface area (Å²) in [5.41, 5.74) is 13.4. The molecule has 58 heavy (non-hydrogen) atoms. The number of carbonyl (C=O) groups is 4. The molecule has 310 valence electrons. The van der Waals surface area contributed by atoms with Crippen LogP contribution in [0, 0.1) is 0 Å². The molecule has 0 saturated carbocycles. The zero-order valence-corrected chi connectivity index (χ0v) is 32.4. The van der Waals surface area contributed by atoms with Crippen LogP contribution in [0.15, 0.2) is 109 Å². The summed E-state index contributed by atoms with van der Waals surface area (Å²) in [4.78, 5) is 54.7. The minimum absolute atomic E-state index is 0.00171. The first kappa shape index (κ1) is 45.0. The molecular weight excluding hydrogens is 750 g/mol. The molecule has 14 heteroatoms. The van der Waals surface area contributed by atoms with E-state index in [1.54, 1.807) is 24.3 Å². The Hall–Kier alpha value is -5.73. The van der Waals surface area contributed by atoms with E-state index in [0.29, 0.717) is 68.5 Å². The number of rotatable bonds is 23. The molecule has 11 nitrogen and oxygen atoms in total. The lowest BCUT2D eigenvalue weighted by atomic mass is 10.0. The van der Waals surface area contributed by atoms with Gasteiger partial charge in [-0.25, -0.2) is 0 Å². The first-order chi connectivity index (χ1) is 28.0. The SMILES string of the molecule is NCCCC[C@H](NC(=O)Cc1ccccc1)C(=O)N[C@@H](CCCCN)C(=O)N[C@H](C(=O)NCCc1ccccc1)c1ccc(OCc2ccc(C(F)(F)F)cc2)cc1. The van der Waals surface area contributed by atoms with E-state index in [4.69, 9.17) is 16.2 Å². The van der Waals surface area contributed by atoms with Crippen molar-refractivity contribution in [3.8, 4) is 5.75 Å². The summed E-state index contributed by atoms with van der Waals surface area (Å²) in [6.07, 6.45) is -1.000. The minimum Gasteiger partial charge on any atom is -0.489 e. The molecule has 0 spiro atoms. The van der Waals surface area contributed by atoms with Gasteiger partial charge >= 0.3 is 6.18 Å². The minimum atomic E-state index is -4.45. The summed E-state index contributed by atoms with van der Waals surface area (Å²) in [7, 11) is 0. The molecule has 4 amide bonds. The van der Waals surface area contributed by atoms with Crippen molar-refractivity contribution in [1.82, 2.24) is 21.3 Å². The number of halogens is 3. The van der Waals surface area contributed by atoms with E-state index in [9.17, 15) is 32.3 Å². The predicted molar refractivity (Wildman–Crippen MR) is 216 cm³/mol. The number of nitrogens with one attached hydrogen (secondary N) is 4. The van der Waals surface area contributed by atoms with Crippen LogP contribution in [0.5, 0.6) is 5.75 Å². The highest BCUT2D eigenvalue weighted by Gasteiger charge is 2.31. The van der Waals surface area contributed by atoms with Crippen LogP contribution < -0.4 is 37.5 Å². The normalized spacial score (nSPS) is 12.8. The molecule has 0 heterocycles. The second-order valence-electron chi connectivity index (χ2n) is 13.9. The number of amides is 4. The van der Waals surface area contributed by atoms with Crippen LogP contribution in [0.4, 0.5) is 13.2 Å². The molecular formula is C44H53F3N6O5. The van der Waals surface area contributed by atoms with Gasteiger partial charge in [0.1, 0.15) is 30.5 Å². The third-order valence-electron chi connectivity index (χ3n) is 9.39. The maximum atomic E-state index is 14.1.